The Morgan fingerprint density at radius 3 is 2.38 bits per heavy atom. The summed E-state index contributed by atoms with van der Waals surface area (Å²) in [5.74, 6) is 0.981. The molecule has 0 aromatic heterocycles. The van der Waals surface area contributed by atoms with Crippen LogP contribution in [0.3, 0.4) is 0 Å². The fraction of sp³-hybridized carbons (Fsp3) is 0.867. The summed E-state index contributed by atoms with van der Waals surface area (Å²) in [7, 11) is 1.61. The standard InChI is InChI=1S/C15H28N4O3.2ClH/c1-22-9-4-17-14(20)12-18-5-7-19(8-6-18)15(21)11-16-10-13-2-3-13;;/h13,16H,2-12H2,1H3,(H,17,20);2*1H. The second-order valence-corrected chi connectivity index (χ2v) is 6.07. The predicted octanol–water partition coefficient (Wildman–Crippen LogP) is -0.264. The van der Waals surface area contributed by atoms with Crippen molar-refractivity contribution >= 4 is 36.6 Å². The van der Waals surface area contributed by atoms with Gasteiger partial charge in [0.1, 0.15) is 0 Å². The fourth-order valence-electron chi connectivity index (χ4n) is 2.52. The number of nitrogens with one attached hydrogen (secondary N) is 2. The molecule has 2 N–H and O–H groups in total. The quantitative estimate of drug-likeness (QED) is 0.535. The maximum atomic E-state index is 12.1. The summed E-state index contributed by atoms with van der Waals surface area (Å²) in [6.07, 6.45) is 2.60. The first-order valence-electron chi connectivity index (χ1n) is 8.15. The highest BCUT2D eigenvalue weighted by Gasteiger charge is 2.24. The Labute approximate surface area is 156 Å². The lowest BCUT2D eigenvalue weighted by Crippen LogP contribution is -2.52. The Hall–Kier alpha value is -0.600. The maximum absolute atomic E-state index is 12.1. The Morgan fingerprint density at radius 1 is 1.12 bits per heavy atom. The molecule has 2 aliphatic rings. The van der Waals surface area contributed by atoms with Gasteiger partial charge in [0.2, 0.25) is 11.8 Å². The molecule has 142 valence electrons. The van der Waals surface area contributed by atoms with E-state index in [2.05, 4.69) is 15.5 Å². The number of ether oxygens (including phenoxy) is 1. The van der Waals surface area contributed by atoms with Crippen LogP contribution >= 0.6 is 24.8 Å². The van der Waals surface area contributed by atoms with Gasteiger partial charge in [0.05, 0.1) is 19.7 Å². The molecule has 7 nitrogen and oxygen atoms in total. The number of carbonyl (C=O) groups excluding carboxylic acids is 2. The van der Waals surface area contributed by atoms with Crippen LogP contribution in [0.1, 0.15) is 12.8 Å². The van der Waals surface area contributed by atoms with E-state index in [9.17, 15) is 9.59 Å². The molecular weight excluding hydrogens is 355 g/mol. The van der Waals surface area contributed by atoms with Crippen LogP contribution < -0.4 is 10.6 Å². The highest BCUT2D eigenvalue weighted by molar-refractivity contribution is 5.85. The van der Waals surface area contributed by atoms with Crippen LogP contribution in [0.4, 0.5) is 0 Å². The lowest BCUT2D eigenvalue weighted by atomic mass is 10.3. The molecule has 1 heterocycles. The van der Waals surface area contributed by atoms with Crippen molar-refractivity contribution in [1.82, 2.24) is 20.4 Å². The molecule has 1 saturated carbocycles. The summed E-state index contributed by atoms with van der Waals surface area (Å²) in [6, 6.07) is 0. The molecule has 2 fully saturated rings. The number of hydrogen-bond acceptors (Lipinski definition) is 5. The average molecular weight is 385 g/mol. The number of rotatable bonds is 9. The molecule has 24 heavy (non-hydrogen) atoms. The first-order valence-corrected chi connectivity index (χ1v) is 8.15. The smallest absolute Gasteiger partial charge is 0.236 e. The van der Waals surface area contributed by atoms with E-state index in [4.69, 9.17) is 4.74 Å². The topological polar surface area (TPSA) is 73.9 Å². The molecule has 0 radical (unpaired) electrons. The third-order valence-electron chi connectivity index (χ3n) is 4.13. The minimum atomic E-state index is 0. The number of carbonyl (C=O) groups is 2. The Bertz CT molecular complexity index is 376. The van der Waals surface area contributed by atoms with Gasteiger partial charge in [0.25, 0.3) is 0 Å². The number of nitrogens with zero attached hydrogens (tertiary/aromatic N) is 2. The van der Waals surface area contributed by atoms with E-state index in [1.54, 1.807) is 7.11 Å². The van der Waals surface area contributed by atoms with Crippen molar-refractivity contribution in [2.75, 3.05) is 66.1 Å². The highest BCUT2D eigenvalue weighted by Crippen LogP contribution is 2.27. The minimum absolute atomic E-state index is 0. The Morgan fingerprint density at radius 2 is 1.79 bits per heavy atom. The van der Waals surface area contributed by atoms with E-state index in [1.807, 2.05) is 4.90 Å². The van der Waals surface area contributed by atoms with Crippen molar-refractivity contribution in [1.29, 1.82) is 0 Å². The van der Waals surface area contributed by atoms with Crippen molar-refractivity contribution in [3.05, 3.63) is 0 Å². The summed E-state index contributed by atoms with van der Waals surface area (Å²) in [6.45, 7) is 5.79. The zero-order valence-corrected chi connectivity index (χ0v) is 15.9. The molecule has 1 aliphatic carbocycles. The summed E-state index contributed by atoms with van der Waals surface area (Å²) in [4.78, 5) is 27.7. The maximum Gasteiger partial charge on any atom is 0.236 e. The summed E-state index contributed by atoms with van der Waals surface area (Å²) < 4.78 is 4.89. The number of amides is 2. The van der Waals surface area contributed by atoms with Gasteiger partial charge < -0.3 is 20.3 Å². The van der Waals surface area contributed by atoms with Crippen molar-refractivity contribution in [2.45, 2.75) is 12.8 Å². The Kier molecular flexibility index (Phi) is 12.4. The van der Waals surface area contributed by atoms with Gasteiger partial charge in [-0.3, -0.25) is 14.5 Å². The van der Waals surface area contributed by atoms with Gasteiger partial charge in [-0.1, -0.05) is 0 Å². The van der Waals surface area contributed by atoms with Crippen LogP contribution in [-0.2, 0) is 14.3 Å². The third kappa shape index (κ3) is 9.03. The Balaban J connectivity index is 0.00000264. The monoisotopic (exact) mass is 384 g/mol. The van der Waals surface area contributed by atoms with Crippen molar-refractivity contribution < 1.29 is 14.3 Å². The fourth-order valence-corrected chi connectivity index (χ4v) is 2.52. The SMILES string of the molecule is COCCNC(=O)CN1CCN(C(=O)CNCC2CC2)CC1.Cl.Cl. The molecule has 2 amide bonds. The second kappa shape index (κ2) is 12.7. The van der Waals surface area contributed by atoms with Crippen molar-refractivity contribution in [3.63, 3.8) is 0 Å². The van der Waals surface area contributed by atoms with Crippen LogP contribution in [0.5, 0.6) is 0 Å². The summed E-state index contributed by atoms with van der Waals surface area (Å²) in [5.41, 5.74) is 0. The molecule has 0 spiro atoms. The molecule has 2 rings (SSSR count). The van der Waals surface area contributed by atoms with Crippen LogP contribution in [-0.4, -0.2) is 87.7 Å². The number of hydrogen-bond donors (Lipinski definition) is 2. The average Bonchev–Trinajstić information content (AvgIpc) is 3.32. The van der Waals surface area contributed by atoms with Crippen LogP contribution in [0.2, 0.25) is 0 Å². The molecule has 0 unspecified atom stereocenters. The lowest BCUT2D eigenvalue weighted by molar-refractivity contribution is -0.132. The predicted molar refractivity (Wildman–Crippen MR) is 98.0 cm³/mol. The lowest BCUT2D eigenvalue weighted by Gasteiger charge is -2.34. The van der Waals surface area contributed by atoms with Crippen LogP contribution in [0.25, 0.3) is 0 Å². The van der Waals surface area contributed by atoms with Gasteiger partial charge in [-0.15, -0.1) is 24.8 Å². The molecule has 0 bridgehead atoms. The molecule has 1 saturated heterocycles. The first-order chi connectivity index (χ1) is 10.7. The van der Waals surface area contributed by atoms with E-state index in [-0.39, 0.29) is 36.6 Å². The van der Waals surface area contributed by atoms with E-state index in [1.165, 1.54) is 12.8 Å². The van der Waals surface area contributed by atoms with Gasteiger partial charge >= 0.3 is 0 Å². The number of methoxy groups -OCH3 is 1. The van der Waals surface area contributed by atoms with E-state index < -0.39 is 0 Å². The van der Waals surface area contributed by atoms with E-state index in [0.717, 1.165) is 25.6 Å². The molecule has 0 atom stereocenters. The van der Waals surface area contributed by atoms with Crippen molar-refractivity contribution in [2.24, 2.45) is 5.92 Å². The molecular formula is C15H30Cl2N4O3. The minimum Gasteiger partial charge on any atom is -0.383 e. The second-order valence-electron chi connectivity index (χ2n) is 6.07. The normalized spacial score (nSPS) is 17.6. The van der Waals surface area contributed by atoms with E-state index in [0.29, 0.717) is 39.3 Å². The van der Waals surface area contributed by atoms with Gasteiger partial charge in [0.15, 0.2) is 0 Å². The highest BCUT2D eigenvalue weighted by atomic mass is 35.5. The zero-order chi connectivity index (χ0) is 15.8. The molecule has 9 heteroatoms. The zero-order valence-electron chi connectivity index (χ0n) is 14.3. The third-order valence-corrected chi connectivity index (χ3v) is 4.13. The largest absolute Gasteiger partial charge is 0.383 e. The van der Waals surface area contributed by atoms with Gasteiger partial charge in [0, 0.05) is 39.8 Å². The number of halogens is 2. The molecule has 0 aromatic carbocycles. The van der Waals surface area contributed by atoms with Gasteiger partial charge in [-0.2, -0.15) is 0 Å². The molecule has 1 aliphatic heterocycles. The summed E-state index contributed by atoms with van der Waals surface area (Å²) >= 11 is 0. The first kappa shape index (κ1) is 23.4. The van der Waals surface area contributed by atoms with Crippen LogP contribution in [0, 0.1) is 5.92 Å². The van der Waals surface area contributed by atoms with Gasteiger partial charge in [-0.25, -0.2) is 0 Å². The number of piperazine rings is 1. The summed E-state index contributed by atoms with van der Waals surface area (Å²) in [5, 5.41) is 6.05. The van der Waals surface area contributed by atoms with Crippen LogP contribution in [0.15, 0.2) is 0 Å². The molecule has 0 aromatic rings. The van der Waals surface area contributed by atoms with E-state index >= 15 is 0 Å². The van der Waals surface area contributed by atoms with Crippen molar-refractivity contribution in [3.8, 4) is 0 Å². The van der Waals surface area contributed by atoms with Gasteiger partial charge in [-0.05, 0) is 25.3 Å².